The number of carbonyl (C=O) groups is 1. The van der Waals surface area contributed by atoms with E-state index < -0.39 is 17.0 Å². The third-order valence-electron chi connectivity index (χ3n) is 4.58. The van der Waals surface area contributed by atoms with E-state index in [1.807, 2.05) is 0 Å². The zero-order chi connectivity index (χ0) is 26.5. The van der Waals surface area contributed by atoms with Crippen molar-refractivity contribution in [2.45, 2.75) is 17.2 Å². The van der Waals surface area contributed by atoms with Gasteiger partial charge < -0.3 is 0 Å². The Morgan fingerprint density at radius 3 is 2.61 bits per heavy atom. The Morgan fingerprint density at radius 1 is 1.28 bits per heavy atom. The van der Waals surface area contributed by atoms with Crippen LogP contribution in [0, 0.1) is 11.3 Å². The number of rotatable bonds is 7. The van der Waals surface area contributed by atoms with Gasteiger partial charge in [0.25, 0.3) is 0 Å². The van der Waals surface area contributed by atoms with Crippen molar-refractivity contribution in [3.63, 3.8) is 0 Å². The van der Waals surface area contributed by atoms with Crippen LogP contribution in [-0.2, 0) is 16.7 Å². The second-order valence-electron chi connectivity index (χ2n) is 7.26. The number of nitriles is 1. The fraction of sp³-hybridized carbons (Fsp3) is 0.190. The van der Waals surface area contributed by atoms with Gasteiger partial charge in [-0.25, -0.2) is 4.98 Å². The van der Waals surface area contributed by atoms with E-state index >= 15 is 0 Å². The first-order valence-electron chi connectivity index (χ1n) is 9.98. The molecule has 1 aromatic carbocycles. The number of allylic oxidation sites excluding steroid dienone is 2. The van der Waals surface area contributed by atoms with Crippen molar-refractivity contribution < 1.29 is 18.0 Å². The second-order valence-corrected chi connectivity index (χ2v) is 9.51. The van der Waals surface area contributed by atoms with E-state index in [1.54, 1.807) is 37.5 Å². The molecule has 0 saturated carbocycles. The van der Waals surface area contributed by atoms with Crippen molar-refractivity contribution in [2.24, 2.45) is 10.2 Å². The van der Waals surface area contributed by atoms with Crippen LogP contribution in [0.2, 0.25) is 0 Å². The van der Waals surface area contributed by atoms with Crippen LogP contribution in [0.3, 0.4) is 0 Å². The van der Waals surface area contributed by atoms with E-state index in [1.165, 1.54) is 17.3 Å². The molecule has 2 aromatic rings. The maximum Gasteiger partial charge on any atom is 0.416 e. The lowest BCUT2D eigenvalue weighted by molar-refractivity contribution is -0.137. The minimum atomic E-state index is -4.57. The van der Waals surface area contributed by atoms with Gasteiger partial charge in [-0.05, 0) is 35.1 Å². The van der Waals surface area contributed by atoms with Crippen molar-refractivity contribution >= 4 is 69.8 Å². The van der Waals surface area contributed by atoms with Gasteiger partial charge in [0, 0.05) is 19.0 Å². The van der Waals surface area contributed by atoms with Gasteiger partial charge in [-0.3, -0.25) is 14.8 Å². The number of aldehydes is 1. The second kappa shape index (κ2) is 11.3. The fourth-order valence-electron chi connectivity index (χ4n) is 2.83. The van der Waals surface area contributed by atoms with Crippen LogP contribution in [0.15, 0.2) is 63.4 Å². The maximum absolute atomic E-state index is 13.0. The Kier molecular flexibility index (Phi) is 8.63. The molecule has 2 heterocycles. The predicted molar refractivity (Wildman–Crippen MR) is 139 cm³/mol. The summed E-state index contributed by atoms with van der Waals surface area (Å²) in [6.45, 7) is 0. The van der Waals surface area contributed by atoms with Gasteiger partial charge in [-0.2, -0.15) is 28.6 Å². The third kappa shape index (κ3) is 6.76. The first-order chi connectivity index (χ1) is 16.9. The summed E-state index contributed by atoms with van der Waals surface area (Å²) in [7, 11) is 19.3. The molecule has 0 amide bonds. The highest BCUT2D eigenvalue weighted by Crippen LogP contribution is 2.36. The number of anilines is 1. The number of hydrogen-bond donors (Lipinski definition) is 0. The average Bonchev–Trinajstić information content (AvgIpc) is 2.85. The van der Waals surface area contributed by atoms with Crippen molar-refractivity contribution in [3.8, 4) is 6.07 Å². The molecule has 6 radical (unpaired) electrons. The molecule has 0 spiro atoms. The van der Waals surface area contributed by atoms with Gasteiger partial charge >= 0.3 is 6.18 Å². The summed E-state index contributed by atoms with van der Waals surface area (Å²) in [4.78, 5) is 16.2. The minimum absolute atomic E-state index is 0.0887. The first kappa shape index (κ1) is 27.5. The number of halogens is 3. The van der Waals surface area contributed by atoms with Gasteiger partial charge in [0.1, 0.15) is 5.82 Å². The highest BCUT2D eigenvalue weighted by molar-refractivity contribution is 8.40. The summed E-state index contributed by atoms with van der Waals surface area (Å²) < 4.78 is 39.2. The average molecular weight is 520 g/mol. The van der Waals surface area contributed by atoms with Crippen LogP contribution >= 0.6 is 23.5 Å². The molecule has 0 fully saturated rings. The number of thioether (sulfide) groups is 2. The molecule has 15 heteroatoms. The number of aromatic nitrogens is 1. The van der Waals surface area contributed by atoms with E-state index in [0.29, 0.717) is 17.7 Å². The summed E-state index contributed by atoms with van der Waals surface area (Å²) >= 11 is 2.04. The number of carbonyl (C=O) groups excluding carboxylic acids is 1. The topological polar surface area (TPSA) is 84.9 Å². The molecule has 1 aromatic heterocycles. The summed E-state index contributed by atoms with van der Waals surface area (Å²) in [5.41, 5.74) is -0.570. The summed E-state index contributed by atoms with van der Waals surface area (Å²) in [5.74, 6) is 0.617. The lowest BCUT2D eigenvalue weighted by Gasteiger charge is -2.38. The van der Waals surface area contributed by atoms with Crippen LogP contribution in [-0.4, -0.2) is 62.7 Å². The Morgan fingerprint density at radius 2 is 2.03 bits per heavy atom. The molecule has 0 aliphatic carbocycles. The van der Waals surface area contributed by atoms with Gasteiger partial charge in [0.15, 0.2) is 10.7 Å². The van der Waals surface area contributed by atoms with Crippen molar-refractivity contribution in [1.29, 1.82) is 5.26 Å². The first-order valence-corrected chi connectivity index (χ1v) is 11.8. The van der Waals surface area contributed by atoms with Gasteiger partial charge in [-0.1, -0.05) is 35.7 Å². The van der Waals surface area contributed by atoms with E-state index in [0.717, 1.165) is 40.7 Å². The summed E-state index contributed by atoms with van der Waals surface area (Å²) in [6, 6.07) is 9.93. The van der Waals surface area contributed by atoms with E-state index in [-0.39, 0.29) is 26.3 Å². The molecule has 0 unspecified atom stereocenters. The Balaban J connectivity index is 1.84. The molecular formula is C21H14B3F3N6OS2. The smallest absolute Gasteiger partial charge is 0.297 e. The minimum Gasteiger partial charge on any atom is -0.297 e. The Hall–Kier alpha value is -3.11. The molecule has 0 saturated heterocycles. The van der Waals surface area contributed by atoms with Gasteiger partial charge in [0.2, 0.25) is 0 Å². The number of pyridine rings is 1. The molecule has 1 aliphatic heterocycles. The molecule has 36 heavy (non-hydrogen) atoms. The zero-order valence-electron chi connectivity index (χ0n) is 18.7. The Labute approximate surface area is 218 Å². The predicted octanol–water partition coefficient (Wildman–Crippen LogP) is 3.17. The van der Waals surface area contributed by atoms with Crippen LogP contribution in [0.5, 0.6) is 0 Å². The highest BCUT2D eigenvalue weighted by atomic mass is 32.2. The summed E-state index contributed by atoms with van der Waals surface area (Å²) in [5, 5.41) is 18.3. The van der Waals surface area contributed by atoms with E-state index in [9.17, 15) is 23.2 Å². The molecule has 0 bridgehead atoms. The molecule has 1 aliphatic rings. The number of hydrogen-bond acceptors (Lipinski definition) is 9. The van der Waals surface area contributed by atoms with Crippen LogP contribution in [0.25, 0.3) is 0 Å². The number of alkyl halides is 3. The molecule has 176 valence electrons. The molecule has 7 nitrogen and oxygen atoms in total. The normalized spacial score (nSPS) is 14.5. The quantitative estimate of drug-likeness (QED) is 0.240. The van der Waals surface area contributed by atoms with Crippen LogP contribution in [0.1, 0.15) is 16.7 Å². The Bertz CT molecular complexity index is 1260. The van der Waals surface area contributed by atoms with Crippen molar-refractivity contribution in [1.82, 2.24) is 9.99 Å². The van der Waals surface area contributed by atoms with Crippen molar-refractivity contribution in [2.75, 3.05) is 12.1 Å². The summed E-state index contributed by atoms with van der Waals surface area (Å²) in [6.07, 6.45) is -1.12. The SMILES string of the molecule is [B]C([B])([B])N1N=C(SCc2ccc(C(F)(F)F)cc2C#N)SC(C=O)=C1/C=N\N(C)c1ccccn1. The van der Waals surface area contributed by atoms with Crippen LogP contribution in [0.4, 0.5) is 19.0 Å². The molecular weight excluding hydrogens is 506 g/mol. The zero-order valence-corrected chi connectivity index (χ0v) is 20.3. The highest BCUT2D eigenvalue weighted by Gasteiger charge is 2.32. The molecule has 3 rings (SSSR count). The maximum atomic E-state index is 13.0. The lowest BCUT2D eigenvalue weighted by atomic mass is 9.49. The van der Waals surface area contributed by atoms with E-state index in [4.69, 9.17) is 23.5 Å². The van der Waals surface area contributed by atoms with Crippen LogP contribution < -0.4 is 5.01 Å². The lowest BCUT2D eigenvalue weighted by Crippen LogP contribution is -2.49. The van der Waals surface area contributed by atoms with E-state index in [2.05, 4.69) is 15.2 Å². The third-order valence-corrected chi connectivity index (χ3v) is 6.75. The monoisotopic (exact) mass is 520 g/mol. The number of benzene rings is 1. The fourth-order valence-corrected chi connectivity index (χ4v) is 4.79. The number of nitrogens with zero attached hydrogens (tertiary/aromatic N) is 6. The standard InChI is InChI=1S/C21H14B3F3N6OS2/c1-32(18-4-2-3-7-29-18)30-10-16-17(11-34)36-19(31-33(16)21(22,23)24)35-12-13-5-6-15(20(25,26)27)8-14(13)9-28/h2-8,10-11H,12H2,1H3/b30-10-. The molecule has 0 N–H and O–H groups in total. The number of hydrazone groups is 2. The molecule has 0 atom stereocenters. The van der Waals surface area contributed by atoms with Gasteiger partial charge in [0.05, 0.1) is 57.6 Å². The van der Waals surface area contributed by atoms with Crippen molar-refractivity contribution in [3.05, 3.63) is 69.9 Å². The van der Waals surface area contributed by atoms with Gasteiger partial charge in [-0.15, -0.1) is 0 Å². The largest absolute Gasteiger partial charge is 0.416 e.